The molecule has 0 heterocycles. The summed E-state index contributed by atoms with van der Waals surface area (Å²) in [7, 11) is 0. The van der Waals surface area contributed by atoms with E-state index in [1.807, 2.05) is 36.4 Å². The first-order valence-corrected chi connectivity index (χ1v) is 6.55. The number of hydrogen-bond acceptors (Lipinski definition) is 3. The Bertz CT molecular complexity index is 612. The fourth-order valence-electron chi connectivity index (χ4n) is 1.54. The van der Waals surface area contributed by atoms with Crippen molar-refractivity contribution < 1.29 is 4.79 Å². The Morgan fingerprint density at radius 3 is 2.05 bits per heavy atom. The molecule has 1 amide bonds. The Morgan fingerprint density at radius 2 is 1.58 bits per heavy atom. The van der Waals surface area contributed by atoms with Crippen LogP contribution < -0.4 is 5.32 Å². The predicted octanol–water partition coefficient (Wildman–Crippen LogP) is 3.67. The topological polar surface area (TPSA) is 52.9 Å². The minimum absolute atomic E-state index is 0.0764. The Hall–Kier alpha value is -2.25. The fourth-order valence-corrected chi connectivity index (χ4v) is 2.36. The van der Waals surface area contributed by atoms with Gasteiger partial charge < -0.3 is 5.32 Å². The highest BCUT2D eigenvalue weighted by Gasteiger charge is 1.99. The molecule has 0 radical (unpaired) electrons. The number of nitrogens with one attached hydrogen (secondary N) is 1. The maximum Gasteiger partial charge on any atom is 0.221 e. The van der Waals surface area contributed by atoms with Crippen LogP contribution in [0.25, 0.3) is 0 Å². The summed E-state index contributed by atoms with van der Waals surface area (Å²) >= 11 is 1.61. The van der Waals surface area contributed by atoms with Crippen molar-refractivity contribution in [3.63, 3.8) is 0 Å². The number of anilines is 1. The van der Waals surface area contributed by atoms with E-state index in [-0.39, 0.29) is 5.91 Å². The van der Waals surface area contributed by atoms with E-state index in [4.69, 9.17) is 5.26 Å². The molecular formula is C15H12N2OS. The summed E-state index contributed by atoms with van der Waals surface area (Å²) in [6.07, 6.45) is 0. The highest BCUT2D eigenvalue weighted by atomic mass is 32.2. The third-order valence-corrected chi connectivity index (χ3v) is 3.41. The van der Waals surface area contributed by atoms with Crippen LogP contribution in [-0.4, -0.2) is 5.91 Å². The van der Waals surface area contributed by atoms with Gasteiger partial charge in [-0.1, -0.05) is 11.8 Å². The van der Waals surface area contributed by atoms with E-state index in [9.17, 15) is 4.79 Å². The second-order valence-electron chi connectivity index (χ2n) is 3.94. The molecule has 3 nitrogen and oxygen atoms in total. The van der Waals surface area contributed by atoms with Gasteiger partial charge in [-0.3, -0.25) is 4.79 Å². The summed E-state index contributed by atoms with van der Waals surface area (Å²) in [5, 5.41) is 11.5. The highest BCUT2D eigenvalue weighted by molar-refractivity contribution is 7.99. The lowest BCUT2D eigenvalue weighted by molar-refractivity contribution is -0.114. The maximum atomic E-state index is 10.9. The molecule has 0 atom stereocenters. The summed E-state index contributed by atoms with van der Waals surface area (Å²) in [5.41, 5.74) is 1.45. The summed E-state index contributed by atoms with van der Waals surface area (Å²) in [5.74, 6) is -0.0764. The molecule has 2 rings (SSSR count). The molecule has 0 bridgehead atoms. The average molecular weight is 268 g/mol. The van der Waals surface area contributed by atoms with Crippen molar-refractivity contribution in [3.05, 3.63) is 54.1 Å². The molecule has 19 heavy (non-hydrogen) atoms. The van der Waals surface area contributed by atoms with Crippen LogP contribution in [0.15, 0.2) is 58.3 Å². The first-order valence-electron chi connectivity index (χ1n) is 5.73. The van der Waals surface area contributed by atoms with E-state index < -0.39 is 0 Å². The minimum Gasteiger partial charge on any atom is -0.326 e. The normalized spacial score (nSPS) is 9.68. The van der Waals surface area contributed by atoms with Gasteiger partial charge >= 0.3 is 0 Å². The summed E-state index contributed by atoms with van der Waals surface area (Å²) < 4.78 is 0. The first kappa shape index (κ1) is 13.2. The van der Waals surface area contributed by atoms with Gasteiger partial charge in [0.15, 0.2) is 0 Å². The van der Waals surface area contributed by atoms with Crippen molar-refractivity contribution in [2.45, 2.75) is 16.7 Å². The molecule has 0 saturated heterocycles. The SMILES string of the molecule is CC(=O)Nc1ccc(Sc2ccc(C#N)cc2)cc1. The number of carbonyl (C=O) groups excluding carboxylic acids is 1. The second-order valence-corrected chi connectivity index (χ2v) is 5.09. The van der Waals surface area contributed by atoms with Crippen LogP contribution in [0.4, 0.5) is 5.69 Å². The van der Waals surface area contributed by atoms with Crippen LogP contribution in [0.3, 0.4) is 0 Å². The van der Waals surface area contributed by atoms with Gasteiger partial charge in [0, 0.05) is 22.4 Å². The van der Waals surface area contributed by atoms with Crippen molar-refractivity contribution in [2.24, 2.45) is 0 Å². The average Bonchev–Trinajstić information content (AvgIpc) is 2.41. The number of nitriles is 1. The molecule has 0 spiro atoms. The Morgan fingerprint density at radius 1 is 1.05 bits per heavy atom. The second kappa shape index (κ2) is 6.07. The molecule has 1 N–H and O–H groups in total. The number of rotatable bonds is 3. The van der Waals surface area contributed by atoms with E-state index in [0.29, 0.717) is 5.56 Å². The Kier molecular flexibility index (Phi) is 4.22. The third kappa shape index (κ3) is 3.87. The first-order chi connectivity index (χ1) is 9.17. The number of amides is 1. The van der Waals surface area contributed by atoms with Crippen LogP contribution in [0.5, 0.6) is 0 Å². The molecule has 0 unspecified atom stereocenters. The van der Waals surface area contributed by atoms with Crippen molar-refractivity contribution in [1.82, 2.24) is 0 Å². The maximum absolute atomic E-state index is 10.9. The van der Waals surface area contributed by atoms with Crippen LogP contribution in [-0.2, 0) is 4.79 Å². The molecule has 0 aliphatic heterocycles. The van der Waals surface area contributed by atoms with E-state index in [0.717, 1.165) is 15.5 Å². The molecule has 0 aliphatic rings. The van der Waals surface area contributed by atoms with Crippen molar-refractivity contribution in [3.8, 4) is 6.07 Å². The van der Waals surface area contributed by atoms with Gasteiger partial charge in [0.05, 0.1) is 11.6 Å². The largest absolute Gasteiger partial charge is 0.326 e. The van der Waals surface area contributed by atoms with Gasteiger partial charge in [-0.05, 0) is 48.5 Å². The molecule has 0 aromatic heterocycles. The molecular weight excluding hydrogens is 256 g/mol. The van der Waals surface area contributed by atoms with E-state index in [1.165, 1.54) is 6.92 Å². The predicted molar refractivity (Wildman–Crippen MR) is 76.0 cm³/mol. The van der Waals surface area contributed by atoms with Crippen molar-refractivity contribution in [1.29, 1.82) is 5.26 Å². The van der Waals surface area contributed by atoms with Gasteiger partial charge in [-0.15, -0.1) is 0 Å². The van der Waals surface area contributed by atoms with E-state index in [2.05, 4.69) is 11.4 Å². The van der Waals surface area contributed by atoms with E-state index in [1.54, 1.807) is 23.9 Å². The lowest BCUT2D eigenvalue weighted by Gasteiger charge is -2.04. The summed E-state index contributed by atoms with van der Waals surface area (Å²) in [6, 6.07) is 17.2. The van der Waals surface area contributed by atoms with Gasteiger partial charge in [0.1, 0.15) is 0 Å². The lowest BCUT2D eigenvalue weighted by Crippen LogP contribution is -2.05. The van der Waals surface area contributed by atoms with Crippen LogP contribution in [0.1, 0.15) is 12.5 Å². The molecule has 0 aliphatic carbocycles. The molecule has 2 aromatic carbocycles. The lowest BCUT2D eigenvalue weighted by atomic mass is 10.2. The zero-order valence-electron chi connectivity index (χ0n) is 10.4. The van der Waals surface area contributed by atoms with Crippen LogP contribution in [0, 0.1) is 11.3 Å². The number of hydrogen-bond donors (Lipinski definition) is 1. The van der Waals surface area contributed by atoms with Crippen molar-refractivity contribution in [2.75, 3.05) is 5.32 Å². The van der Waals surface area contributed by atoms with Gasteiger partial charge in [0.25, 0.3) is 0 Å². The minimum atomic E-state index is -0.0764. The Labute approximate surface area is 116 Å². The standard InChI is InChI=1S/C15H12N2OS/c1-11(18)17-13-4-8-15(9-5-13)19-14-6-2-12(10-16)3-7-14/h2-9H,1H3,(H,17,18). The van der Waals surface area contributed by atoms with Gasteiger partial charge in [0.2, 0.25) is 5.91 Å². The summed E-state index contributed by atoms with van der Waals surface area (Å²) in [4.78, 5) is 13.1. The van der Waals surface area contributed by atoms with E-state index >= 15 is 0 Å². The molecule has 94 valence electrons. The highest BCUT2D eigenvalue weighted by Crippen LogP contribution is 2.28. The van der Waals surface area contributed by atoms with Crippen LogP contribution in [0.2, 0.25) is 0 Å². The molecule has 0 fully saturated rings. The zero-order chi connectivity index (χ0) is 13.7. The zero-order valence-corrected chi connectivity index (χ0v) is 11.2. The molecule has 0 saturated carbocycles. The third-order valence-electron chi connectivity index (χ3n) is 2.39. The monoisotopic (exact) mass is 268 g/mol. The number of nitrogens with zero attached hydrogens (tertiary/aromatic N) is 1. The van der Waals surface area contributed by atoms with Gasteiger partial charge in [-0.2, -0.15) is 5.26 Å². The summed E-state index contributed by atoms with van der Waals surface area (Å²) in [6.45, 7) is 1.49. The molecule has 2 aromatic rings. The quantitative estimate of drug-likeness (QED) is 0.924. The fraction of sp³-hybridized carbons (Fsp3) is 0.0667. The number of carbonyl (C=O) groups is 1. The number of benzene rings is 2. The van der Waals surface area contributed by atoms with Crippen LogP contribution >= 0.6 is 11.8 Å². The smallest absolute Gasteiger partial charge is 0.221 e. The molecule has 4 heteroatoms. The van der Waals surface area contributed by atoms with Crippen molar-refractivity contribution >= 4 is 23.4 Å². The van der Waals surface area contributed by atoms with Gasteiger partial charge in [-0.25, -0.2) is 0 Å². The Balaban J connectivity index is 2.06.